The fourth-order valence-electron chi connectivity index (χ4n) is 3.03. The summed E-state index contributed by atoms with van der Waals surface area (Å²) >= 11 is 0. The van der Waals surface area contributed by atoms with Crippen molar-refractivity contribution in [2.45, 2.75) is 31.2 Å². The van der Waals surface area contributed by atoms with Crippen molar-refractivity contribution in [3.63, 3.8) is 0 Å². The Morgan fingerprint density at radius 2 is 1.95 bits per heavy atom. The minimum atomic E-state index is 0.145. The molecule has 1 aliphatic rings. The fraction of sp³-hybridized carbons (Fsp3) is 0.556. The molecule has 1 fully saturated rings. The van der Waals surface area contributed by atoms with Crippen LogP contribution in [0.3, 0.4) is 0 Å². The van der Waals surface area contributed by atoms with Crippen LogP contribution in [0.25, 0.3) is 0 Å². The number of hydrogen-bond donors (Lipinski definition) is 2. The molecule has 1 aromatic carbocycles. The lowest BCUT2D eigenvalue weighted by atomic mass is 9.87. The SMILES string of the molecule is C=CCCNC1(CN)CCN(CCc2ccccc2)CC1. The zero-order valence-corrected chi connectivity index (χ0v) is 13.1. The first-order valence-corrected chi connectivity index (χ1v) is 8.10. The van der Waals surface area contributed by atoms with Gasteiger partial charge >= 0.3 is 0 Å². The van der Waals surface area contributed by atoms with Crippen LogP contribution in [-0.2, 0) is 6.42 Å². The lowest BCUT2D eigenvalue weighted by molar-refractivity contribution is 0.141. The van der Waals surface area contributed by atoms with Gasteiger partial charge in [-0.25, -0.2) is 0 Å². The molecule has 0 amide bonds. The summed E-state index contributed by atoms with van der Waals surface area (Å²) < 4.78 is 0. The summed E-state index contributed by atoms with van der Waals surface area (Å²) in [7, 11) is 0. The molecule has 0 aliphatic carbocycles. The summed E-state index contributed by atoms with van der Waals surface area (Å²) in [6, 6.07) is 10.7. The first-order chi connectivity index (χ1) is 10.3. The first kappa shape index (κ1) is 16.2. The molecule has 2 rings (SSSR count). The molecule has 1 heterocycles. The van der Waals surface area contributed by atoms with Crippen molar-refractivity contribution in [3.8, 4) is 0 Å². The summed E-state index contributed by atoms with van der Waals surface area (Å²) in [6.45, 7) is 8.94. The Morgan fingerprint density at radius 1 is 1.24 bits per heavy atom. The minimum Gasteiger partial charge on any atom is -0.329 e. The van der Waals surface area contributed by atoms with E-state index in [9.17, 15) is 0 Å². The number of hydrogen-bond acceptors (Lipinski definition) is 3. The van der Waals surface area contributed by atoms with Gasteiger partial charge in [0.15, 0.2) is 0 Å². The van der Waals surface area contributed by atoms with Gasteiger partial charge in [-0.05, 0) is 50.9 Å². The normalized spacial score (nSPS) is 18.5. The van der Waals surface area contributed by atoms with Gasteiger partial charge in [0, 0.05) is 18.6 Å². The molecule has 116 valence electrons. The quantitative estimate of drug-likeness (QED) is 0.569. The molecule has 3 N–H and O–H groups in total. The van der Waals surface area contributed by atoms with Crippen molar-refractivity contribution in [2.75, 3.05) is 32.7 Å². The van der Waals surface area contributed by atoms with Gasteiger partial charge in [-0.2, -0.15) is 0 Å². The zero-order valence-electron chi connectivity index (χ0n) is 13.1. The van der Waals surface area contributed by atoms with Gasteiger partial charge in [0.05, 0.1) is 0 Å². The van der Waals surface area contributed by atoms with Gasteiger partial charge in [-0.3, -0.25) is 0 Å². The Bertz CT molecular complexity index is 408. The Balaban J connectivity index is 1.75. The van der Waals surface area contributed by atoms with Gasteiger partial charge in [0.25, 0.3) is 0 Å². The van der Waals surface area contributed by atoms with Crippen molar-refractivity contribution >= 4 is 0 Å². The highest BCUT2D eigenvalue weighted by Crippen LogP contribution is 2.21. The Morgan fingerprint density at radius 3 is 2.57 bits per heavy atom. The van der Waals surface area contributed by atoms with E-state index in [-0.39, 0.29) is 5.54 Å². The highest BCUT2D eigenvalue weighted by atomic mass is 15.2. The van der Waals surface area contributed by atoms with E-state index >= 15 is 0 Å². The summed E-state index contributed by atoms with van der Waals surface area (Å²) in [5.74, 6) is 0. The second-order valence-corrected chi connectivity index (χ2v) is 6.07. The molecule has 3 nitrogen and oxygen atoms in total. The summed E-state index contributed by atoms with van der Waals surface area (Å²) in [4.78, 5) is 2.57. The third-order valence-corrected chi connectivity index (χ3v) is 4.61. The molecule has 0 spiro atoms. The van der Waals surface area contributed by atoms with Gasteiger partial charge in [0.1, 0.15) is 0 Å². The standard InChI is InChI=1S/C18H29N3/c1-2-3-12-20-18(16-19)10-14-21(15-11-18)13-9-17-7-5-4-6-8-17/h2,4-8,20H,1,3,9-16,19H2. The number of piperidine rings is 1. The maximum absolute atomic E-state index is 6.02. The highest BCUT2D eigenvalue weighted by molar-refractivity contribution is 5.15. The molecule has 0 saturated carbocycles. The van der Waals surface area contributed by atoms with Crippen LogP contribution in [0.5, 0.6) is 0 Å². The Kier molecular flexibility index (Phi) is 6.43. The molecule has 0 bridgehead atoms. The van der Waals surface area contributed by atoms with E-state index in [2.05, 4.69) is 47.1 Å². The van der Waals surface area contributed by atoms with Crippen molar-refractivity contribution < 1.29 is 0 Å². The van der Waals surface area contributed by atoms with Crippen LogP contribution in [-0.4, -0.2) is 43.2 Å². The highest BCUT2D eigenvalue weighted by Gasteiger charge is 2.32. The summed E-state index contributed by atoms with van der Waals surface area (Å²) in [6.07, 6.45) is 6.41. The van der Waals surface area contributed by atoms with Crippen molar-refractivity contribution in [1.82, 2.24) is 10.2 Å². The van der Waals surface area contributed by atoms with E-state index in [1.54, 1.807) is 0 Å². The minimum absolute atomic E-state index is 0.145. The molecule has 21 heavy (non-hydrogen) atoms. The molecule has 3 heteroatoms. The van der Waals surface area contributed by atoms with E-state index in [1.165, 1.54) is 5.56 Å². The van der Waals surface area contributed by atoms with E-state index in [1.807, 2.05) is 6.08 Å². The fourth-order valence-corrected chi connectivity index (χ4v) is 3.03. The van der Waals surface area contributed by atoms with Crippen LogP contribution >= 0.6 is 0 Å². The summed E-state index contributed by atoms with van der Waals surface area (Å²) in [5.41, 5.74) is 7.60. The van der Waals surface area contributed by atoms with E-state index in [0.29, 0.717) is 0 Å². The monoisotopic (exact) mass is 287 g/mol. The lowest BCUT2D eigenvalue weighted by Gasteiger charge is -2.42. The van der Waals surface area contributed by atoms with Gasteiger partial charge in [0.2, 0.25) is 0 Å². The molecule has 1 aromatic rings. The molecular formula is C18H29N3. The van der Waals surface area contributed by atoms with E-state index in [4.69, 9.17) is 5.73 Å². The molecule has 0 unspecified atom stereocenters. The van der Waals surface area contributed by atoms with Crippen molar-refractivity contribution in [2.24, 2.45) is 5.73 Å². The van der Waals surface area contributed by atoms with Gasteiger partial charge < -0.3 is 16.0 Å². The van der Waals surface area contributed by atoms with Crippen LogP contribution in [0.2, 0.25) is 0 Å². The largest absolute Gasteiger partial charge is 0.329 e. The molecule has 1 saturated heterocycles. The number of nitrogens with two attached hydrogens (primary N) is 1. The van der Waals surface area contributed by atoms with Gasteiger partial charge in [-0.15, -0.1) is 6.58 Å². The van der Waals surface area contributed by atoms with Crippen LogP contribution in [0.15, 0.2) is 43.0 Å². The number of nitrogens with zero attached hydrogens (tertiary/aromatic N) is 1. The van der Waals surface area contributed by atoms with Crippen LogP contribution in [0.1, 0.15) is 24.8 Å². The molecule has 0 atom stereocenters. The Labute approximate surface area is 129 Å². The maximum atomic E-state index is 6.02. The predicted octanol–water partition coefficient (Wildman–Crippen LogP) is 2.19. The maximum Gasteiger partial charge on any atom is 0.0328 e. The van der Waals surface area contributed by atoms with E-state index < -0.39 is 0 Å². The van der Waals surface area contributed by atoms with E-state index in [0.717, 1.165) is 58.4 Å². The molecule has 0 aromatic heterocycles. The molecular weight excluding hydrogens is 258 g/mol. The topological polar surface area (TPSA) is 41.3 Å². The zero-order chi connectivity index (χ0) is 15.0. The second kappa shape index (κ2) is 8.32. The van der Waals surface area contributed by atoms with Crippen LogP contribution < -0.4 is 11.1 Å². The van der Waals surface area contributed by atoms with Crippen LogP contribution in [0, 0.1) is 0 Å². The summed E-state index contributed by atoms with van der Waals surface area (Å²) in [5, 5.41) is 3.66. The van der Waals surface area contributed by atoms with Crippen LogP contribution in [0.4, 0.5) is 0 Å². The average molecular weight is 287 g/mol. The molecule has 1 aliphatic heterocycles. The molecule has 0 radical (unpaired) electrons. The number of rotatable bonds is 8. The number of nitrogens with one attached hydrogen (secondary N) is 1. The lowest BCUT2D eigenvalue weighted by Crippen LogP contribution is -2.58. The number of likely N-dealkylation sites (tertiary alicyclic amines) is 1. The predicted molar refractivity (Wildman–Crippen MR) is 90.4 cm³/mol. The first-order valence-electron chi connectivity index (χ1n) is 8.10. The number of benzene rings is 1. The van der Waals surface area contributed by atoms with Gasteiger partial charge in [-0.1, -0.05) is 36.4 Å². The second-order valence-electron chi connectivity index (χ2n) is 6.07. The smallest absolute Gasteiger partial charge is 0.0328 e. The van der Waals surface area contributed by atoms with Crippen molar-refractivity contribution in [3.05, 3.63) is 48.6 Å². The third-order valence-electron chi connectivity index (χ3n) is 4.61. The Hall–Kier alpha value is -1.16. The average Bonchev–Trinajstić information content (AvgIpc) is 2.55. The third kappa shape index (κ3) is 4.95. The van der Waals surface area contributed by atoms with Crippen molar-refractivity contribution in [1.29, 1.82) is 0 Å².